The molecule has 2 aliphatic rings. The Morgan fingerprint density at radius 2 is 1.86 bits per heavy atom. The predicted molar refractivity (Wildman–Crippen MR) is 173 cm³/mol. The van der Waals surface area contributed by atoms with E-state index in [1.54, 1.807) is 24.5 Å². The van der Waals surface area contributed by atoms with E-state index >= 15 is 0 Å². The first-order valence-electron chi connectivity index (χ1n) is 14.3. The van der Waals surface area contributed by atoms with Crippen LogP contribution in [0.4, 0.5) is 0 Å². The van der Waals surface area contributed by atoms with E-state index in [1.807, 2.05) is 42.5 Å². The van der Waals surface area contributed by atoms with E-state index < -0.39 is 12.0 Å². The van der Waals surface area contributed by atoms with E-state index in [-0.39, 0.29) is 19.0 Å². The van der Waals surface area contributed by atoms with Gasteiger partial charge in [-0.1, -0.05) is 63.7 Å². The van der Waals surface area contributed by atoms with Crippen molar-refractivity contribution < 1.29 is 19.0 Å². The van der Waals surface area contributed by atoms with Crippen LogP contribution in [0.15, 0.2) is 92.3 Å². The van der Waals surface area contributed by atoms with Gasteiger partial charge in [-0.05, 0) is 68.3 Å². The van der Waals surface area contributed by atoms with Crippen LogP contribution in [0.3, 0.4) is 0 Å². The third kappa shape index (κ3) is 4.78. The first kappa shape index (κ1) is 28.4. The van der Waals surface area contributed by atoms with Crippen LogP contribution in [0.5, 0.6) is 11.5 Å². The van der Waals surface area contributed by atoms with Crippen LogP contribution in [0, 0.1) is 6.92 Å². The number of hydrogen-bond donors (Lipinski definition) is 0. The van der Waals surface area contributed by atoms with Gasteiger partial charge in [0.2, 0.25) is 6.79 Å². The molecule has 0 bridgehead atoms. The average molecular weight is 671 g/mol. The van der Waals surface area contributed by atoms with E-state index in [0.29, 0.717) is 44.2 Å². The average Bonchev–Trinajstić information content (AvgIpc) is 3.68. The van der Waals surface area contributed by atoms with Crippen molar-refractivity contribution in [3.05, 3.63) is 125 Å². The normalized spacial score (nSPS) is 15.9. The summed E-state index contributed by atoms with van der Waals surface area (Å²) < 4.78 is 22.0. The highest BCUT2D eigenvalue weighted by atomic mass is 79.9. The Bertz CT molecular complexity index is 2180. The number of carbonyl (C=O) groups excluding carboxylic acids is 1. The second-order valence-electron chi connectivity index (χ2n) is 10.6. The zero-order valence-electron chi connectivity index (χ0n) is 24.3. The fourth-order valence-electron chi connectivity index (χ4n) is 5.94. The number of thiazole rings is 1. The van der Waals surface area contributed by atoms with Gasteiger partial charge in [-0.2, -0.15) is 0 Å². The Morgan fingerprint density at radius 1 is 1.09 bits per heavy atom. The van der Waals surface area contributed by atoms with Gasteiger partial charge in [-0.3, -0.25) is 9.36 Å². The minimum atomic E-state index is -0.734. The summed E-state index contributed by atoms with van der Waals surface area (Å²) in [6.07, 6.45) is 1.96. The summed E-state index contributed by atoms with van der Waals surface area (Å²) in [7, 11) is 0. The Kier molecular flexibility index (Phi) is 7.26. The van der Waals surface area contributed by atoms with E-state index in [9.17, 15) is 9.59 Å². The SMILES string of the molecule is CCOC(=O)C1=C(C)N=c2s/c(=C\c3c(C)n(Cc4ccc(Br)cc4)c4ccccc34)c(=O)n2[C@H]1c1ccc2c(c1)OCO2. The number of rotatable bonds is 6. The lowest BCUT2D eigenvalue weighted by Crippen LogP contribution is -2.39. The van der Waals surface area contributed by atoms with E-state index in [0.717, 1.165) is 26.6 Å². The lowest BCUT2D eigenvalue weighted by molar-refractivity contribution is -0.139. The van der Waals surface area contributed by atoms with Gasteiger partial charge >= 0.3 is 5.97 Å². The molecule has 2 aromatic heterocycles. The standard InChI is InChI=1S/C34H28BrN3O5S/c1-4-41-33(40)30-19(2)36-34-38(31(30)22-11-14-27-28(15-22)43-18-42-27)32(39)29(44-34)16-25-20(3)37(26-8-6-5-7-24(25)26)17-21-9-12-23(35)13-10-21/h5-16,31H,4,17-18H2,1-3H3/b29-16-/t31-/m0/s1. The lowest BCUT2D eigenvalue weighted by Gasteiger charge is -2.24. The molecule has 0 saturated heterocycles. The highest BCUT2D eigenvalue weighted by molar-refractivity contribution is 9.10. The van der Waals surface area contributed by atoms with Crippen molar-refractivity contribution in [2.24, 2.45) is 4.99 Å². The van der Waals surface area contributed by atoms with Crippen LogP contribution in [-0.4, -0.2) is 28.5 Å². The quantitative estimate of drug-likeness (QED) is 0.220. The second-order valence-corrected chi connectivity index (χ2v) is 12.6. The zero-order valence-corrected chi connectivity index (χ0v) is 26.7. The number of carbonyl (C=O) groups is 1. The predicted octanol–water partition coefficient (Wildman–Crippen LogP) is 5.60. The molecule has 0 radical (unpaired) electrons. The number of ether oxygens (including phenoxy) is 3. The molecule has 0 spiro atoms. The van der Waals surface area contributed by atoms with Crippen LogP contribution in [0.1, 0.15) is 42.3 Å². The fraction of sp³-hybridized carbons (Fsp3) is 0.206. The van der Waals surface area contributed by atoms with E-state index in [1.165, 1.54) is 16.9 Å². The Hall–Kier alpha value is -4.41. The molecular formula is C34H28BrN3O5S. The van der Waals surface area contributed by atoms with Gasteiger partial charge in [0, 0.05) is 33.2 Å². The summed E-state index contributed by atoms with van der Waals surface area (Å²) in [5.41, 5.74) is 5.61. The lowest BCUT2D eigenvalue weighted by atomic mass is 9.95. The molecule has 10 heteroatoms. The van der Waals surface area contributed by atoms with Crippen molar-refractivity contribution >= 4 is 50.2 Å². The maximum absolute atomic E-state index is 14.3. The zero-order chi connectivity index (χ0) is 30.5. The molecule has 2 aliphatic heterocycles. The van der Waals surface area contributed by atoms with Crippen LogP contribution in [-0.2, 0) is 16.1 Å². The molecule has 5 aromatic rings. The monoisotopic (exact) mass is 669 g/mol. The second kappa shape index (κ2) is 11.3. The minimum absolute atomic E-state index is 0.121. The van der Waals surface area contributed by atoms with Gasteiger partial charge in [0.05, 0.1) is 28.5 Å². The van der Waals surface area contributed by atoms with Crippen LogP contribution in [0.25, 0.3) is 17.0 Å². The first-order chi connectivity index (χ1) is 21.3. The molecule has 0 unspecified atom stereocenters. The summed E-state index contributed by atoms with van der Waals surface area (Å²) >= 11 is 4.84. The number of hydrogen-bond acceptors (Lipinski definition) is 7. The fourth-order valence-corrected chi connectivity index (χ4v) is 7.23. The molecule has 222 valence electrons. The van der Waals surface area contributed by atoms with E-state index in [4.69, 9.17) is 19.2 Å². The smallest absolute Gasteiger partial charge is 0.338 e. The number of benzene rings is 3. The van der Waals surface area contributed by atoms with Crippen LogP contribution >= 0.6 is 27.3 Å². The van der Waals surface area contributed by atoms with Crippen molar-refractivity contribution in [3.8, 4) is 11.5 Å². The Labute approximate surface area is 265 Å². The Morgan fingerprint density at radius 3 is 2.66 bits per heavy atom. The highest BCUT2D eigenvalue weighted by Crippen LogP contribution is 2.38. The van der Waals surface area contributed by atoms with Crippen molar-refractivity contribution in [1.29, 1.82) is 0 Å². The molecule has 7 rings (SSSR count). The van der Waals surface area contributed by atoms with Crippen LogP contribution in [0.2, 0.25) is 0 Å². The van der Waals surface area contributed by atoms with Gasteiger partial charge in [-0.25, -0.2) is 9.79 Å². The van der Waals surface area contributed by atoms with Gasteiger partial charge in [0.1, 0.15) is 0 Å². The minimum Gasteiger partial charge on any atom is -0.463 e. The largest absolute Gasteiger partial charge is 0.463 e. The summed E-state index contributed by atoms with van der Waals surface area (Å²) in [5.74, 6) is 0.684. The number of fused-ring (bicyclic) bond motifs is 3. The molecule has 8 nitrogen and oxygen atoms in total. The van der Waals surface area contributed by atoms with Gasteiger partial charge < -0.3 is 18.8 Å². The first-order valence-corrected chi connectivity index (χ1v) is 15.9. The maximum Gasteiger partial charge on any atom is 0.338 e. The number of nitrogens with zero attached hydrogens (tertiary/aromatic N) is 3. The molecule has 44 heavy (non-hydrogen) atoms. The molecule has 1 atom stereocenters. The summed E-state index contributed by atoms with van der Waals surface area (Å²) in [5, 5.41) is 1.06. The molecule has 0 amide bonds. The van der Waals surface area contributed by atoms with Crippen molar-refractivity contribution in [1.82, 2.24) is 9.13 Å². The maximum atomic E-state index is 14.3. The topological polar surface area (TPSA) is 84.1 Å². The molecule has 3 aromatic carbocycles. The van der Waals surface area contributed by atoms with Crippen molar-refractivity contribution in [3.63, 3.8) is 0 Å². The van der Waals surface area contributed by atoms with Gasteiger partial charge in [-0.15, -0.1) is 0 Å². The third-order valence-electron chi connectivity index (χ3n) is 8.04. The summed E-state index contributed by atoms with van der Waals surface area (Å²) in [6, 6.07) is 21.3. The molecular weight excluding hydrogens is 642 g/mol. The summed E-state index contributed by atoms with van der Waals surface area (Å²) in [6.45, 7) is 6.64. The van der Waals surface area contributed by atoms with Gasteiger partial charge in [0.25, 0.3) is 5.56 Å². The third-order valence-corrected chi connectivity index (χ3v) is 9.55. The number of allylic oxidation sites excluding steroid dienone is 1. The molecule has 0 saturated carbocycles. The molecule has 0 aliphatic carbocycles. The van der Waals surface area contributed by atoms with Gasteiger partial charge in [0.15, 0.2) is 16.3 Å². The number of para-hydroxylation sites is 1. The van der Waals surface area contributed by atoms with Crippen molar-refractivity contribution in [2.75, 3.05) is 13.4 Å². The number of aromatic nitrogens is 2. The molecule has 4 heterocycles. The van der Waals surface area contributed by atoms with Crippen LogP contribution < -0.4 is 24.4 Å². The highest BCUT2D eigenvalue weighted by Gasteiger charge is 2.34. The van der Waals surface area contributed by atoms with Crippen molar-refractivity contribution in [2.45, 2.75) is 33.4 Å². The number of halogens is 1. The molecule has 0 N–H and O–H groups in total. The number of esters is 1. The summed E-state index contributed by atoms with van der Waals surface area (Å²) in [4.78, 5) is 32.8. The molecule has 0 fully saturated rings. The Balaban J connectivity index is 1.40. The van der Waals surface area contributed by atoms with E-state index in [2.05, 4.69) is 51.7 Å².